The topological polar surface area (TPSA) is 81.7 Å². The minimum absolute atomic E-state index is 0.229. The van der Waals surface area contributed by atoms with Crippen molar-refractivity contribution >= 4 is 15.7 Å². The van der Waals surface area contributed by atoms with Gasteiger partial charge in [-0.15, -0.1) is 0 Å². The molecule has 1 N–H and O–H groups in total. The van der Waals surface area contributed by atoms with Gasteiger partial charge in [-0.25, -0.2) is 8.42 Å². The van der Waals surface area contributed by atoms with Gasteiger partial charge in [-0.05, 0) is 55.3 Å². The molecule has 2 rings (SSSR count). The lowest BCUT2D eigenvalue weighted by Crippen LogP contribution is -2.39. The van der Waals surface area contributed by atoms with Crippen LogP contribution < -0.4 is 14.8 Å². The van der Waals surface area contributed by atoms with Crippen LogP contribution in [0.15, 0.2) is 53.4 Å². The molecule has 2 atom stereocenters. The van der Waals surface area contributed by atoms with Crippen LogP contribution in [-0.4, -0.2) is 33.8 Å². The minimum atomic E-state index is -3.24. The number of sulfone groups is 1. The zero-order chi connectivity index (χ0) is 20.0. The Labute approximate surface area is 160 Å². The molecule has 0 saturated carbocycles. The van der Waals surface area contributed by atoms with E-state index in [0.717, 1.165) is 11.8 Å². The highest BCUT2D eigenvalue weighted by Crippen LogP contribution is 2.20. The Morgan fingerprint density at radius 3 is 2.07 bits per heavy atom. The first-order chi connectivity index (χ1) is 12.7. The summed E-state index contributed by atoms with van der Waals surface area (Å²) in [5.41, 5.74) is 0.815. The Morgan fingerprint density at radius 2 is 1.59 bits per heavy atom. The van der Waals surface area contributed by atoms with E-state index in [1.807, 2.05) is 13.8 Å². The van der Waals surface area contributed by atoms with Crippen LogP contribution in [0.2, 0.25) is 0 Å². The second kappa shape index (κ2) is 8.90. The lowest BCUT2D eigenvalue weighted by atomic mass is 10.1. The van der Waals surface area contributed by atoms with Crippen molar-refractivity contribution in [3.05, 3.63) is 54.1 Å². The maximum absolute atomic E-state index is 12.6. The number of amides is 1. The van der Waals surface area contributed by atoms with Gasteiger partial charge in [0.25, 0.3) is 5.91 Å². The van der Waals surface area contributed by atoms with E-state index < -0.39 is 15.9 Å². The molecule has 1 amide bonds. The zero-order valence-electron chi connectivity index (χ0n) is 15.9. The molecule has 27 heavy (non-hydrogen) atoms. The van der Waals surface area contributed by atoms with Crippen LogP contribution in [0.3, 0.4) is 0 Å². The van der Waals surface area contributed by atoms with Gasteiger partial charge in [0, 0.05) is 6.26 Å². The standard InChI is InChI=1S/C20H25NO5S/c1-5-19(26-17-10-8-16(25-3)9-11-17)20(22)21-14(2)15-6-12-18(13-7-15)27(4,23)24/h6-14,19H,5H2,1-4H3,(H,21,22)/t14-,19-/m1/s1. The minimum Gasteiger partial charge on any atom is -0.497 e. The summed E-state index contributed by atoms with van der Waals surface area (Å²) < 4.78 is 34.0. The van der Waals surface area contributed by atoms with Gasteiger partial charge in [-0.3, -0.25) is 4.79 Å². The van der Waals surface area contributed by atoms with Crippen LogP contribution in [0.4, 0.5) is 0 Å². The molecule has 0 aliphatic heterocycles. The van der Waals surface area contributed by atoms with Crippen LogP contribution in [0.25, 0.3) is 0 Å². The Balaban J connectivity index is 2.02. The van der Waals surface area contributed by atoms with E-state index in [-0.39, 0.29) is 16.8 Å². The van der Waals surface area contributed by atoms with Gasteiger partial charge in [0.1, 0.15) is 11.5 Å². The van der Waals surface area contributed by atoms with Gasteiger partial charge >= 0.3 is 0 Å². The molecule has 0 saturated heterocycles. The Kier molecular flexibility index (Phi) is 6.85. The summed E-state index contributed by atoms with van der Waals surface area (Å²) >= 11 is 0. The van der Waals surface area contributed by atoms with Crippen LogP contribution in [0, 0.1) is 0 Å². The monoisotopic (exact) mass is 391 g/mol. The van der Waals surface area contributed by atoms with Crippen molar-refractivity contribution in [1.82, 2.24) is 5.32 Å². The first-order valence-corrected chi connectivity index (χ1v) is 10.5. The Bertz CT molecular complexity index is 860. The summed E-state index contributed by atoms with van der Waals surface area (Å²) in [5.74, 6) is 1.07. The lowest BCUT2D eigenvalue weighted by molar-refractivity contribution is -0.128. The second-order valence-corrected chi connectivity index (χ2v) is 8.28. The predicted octanol–water partition coefficient (Wildman–Crippen LogP) is 3.13. The number of ether oxygens (including phenoxy) is 2. The molecule has 146 valence electrons. The Morgan fingerprint density at radius 1 is 1.04 bits per heavy atom. The fourth-order valence-electron chi connectivity index (χ4n) is 2.53. The molecular formula is C20H25NO5S. The summed E-state index contributed by atoms with van der Waals surface area (Å²) in [7, 11) is -1.66. The summed E-state index contributed by atoms with van der Waals surface area (Å²) in [5, 5.41) is 2.91. The maximum Gasteiger partial charge on any atom is 0.261 e. The van der Waals surface area contributed by atoms with Gasteiger partial charge in [-0.2, -0.15) is 0 Å². The number of rotatable bonds is 8. The molecular weight excluding hydrogens is 366 g/mol. The average Bonchev–Trinajstić information content (AvgIpc) is 2.65. The number of nitrogens with one attached hydrogen (secondary N) is 1. The fourth-order valence-corrected chi connectivity index (χ4v) is 3.16. The molecule has 0 aliphatic rings. The van der Waals surface area contributed by atoms with Crippen molar-refractivity contribution in [3.63, 3.8) is 0 Å². The van der Waals surface area contributed by atoms with E-state index in [2.05, 4.69) is 5.32 Å². The molecule has 0 spiro atoms. The highest BCUT2D eigenvalue weighted by molar-refractivity contribution is 7.90. The van der Waals surface area contributed by atoms with E-state index in [9.17, 15) is 13.2 Å². The molecule has 0 fully saturated rings. The predicted molar refractivity (Wildman–Crippen MR) is 104 cm³/mol. The summed E-state index contributed by atoms with van der Waals surface area (Å²) in [6.07, 6.45) is 1.05. The molecule has 6 nitrogen and oxygen atoms in total. The normalized spacial score (nSPS) is 13.5. The first-order valence-electron chi connectivity index (χ1n) is 8.65. The van der Waals surface area contributed by atoms with E-state index >= 15 is 0 Å². The molecule has 7 heteroatoms. The molecule has 0 aliphatic carbocycles. The number of methoxy groups -OCH3 is 1. The highest BCUT2D eigenvalue weighted by atomic mass is 32.2. The molecule has 2 aromatic rings. The van der Waals surface area contributed by atoms with E-state index in [0.29, 0.717) is 17.9 Å². The third-order valence-corrected chi connectivity index (χ3v) is 5.30. The molecule has 0 bridgehead atoms. The summed E-state index contributed by atoms with van der Waals surface area (Å²) in [4.78, 5) is 12.8. The quantitative estimate of drug-likeness (QED) is 0.748. The number of hydrogen-bond acceptors (Lipinski definition) is 5. The van der Waals surface area contributed by atoms with Crippen LogP contribution in [-0.2, 0) is 14.6 Å². The van der Waals surface area contributed by atoms with E-state index in [4.69, 9.17) is 9.47 Å². The van der Waals surface area contributed by atoms with Gasteiger partial charge in [0.05, 0.1) is 18.0 Å². The van der Waals surface area contributed by atoms with Crippen molar-refractivity contribution < 1.29 is 22.7 Å². The Hall–Kier alpha value is -2.54. The third-order valence-electron chi connectivity index (χ3n) is 4.17. The van der Waals surface area contributed by atoms with Gasteiger partial charge in [0.15, 0.2) is 15.9 Å². The number of benzene rings is 2. The maximum atomic E-state index is 12.6. The SMILES string of the molecule is CC[C@@H](Oc1ccc(OC)cc1)C(=O)N[C@H](C)c1ccc(S(C)(=O)=O)cc1. The molecule has 0 radical (unpaired) electrons. The van der Waals surface area contributed by atoms with Crippen molar-refractivity contribution in [3.8, 4) is 11.5 Å². The second-order valence-electron chi connectivity index (χ2n) is 6.26. The number of carbonyl (C=O) groups is 1. The van der Waals surface area contributed by atoms with Crippen molar-refractivity contribution in [1.29, 1.82) is 0 Å². The van der Waals surface area contributed by atoms with Crippen LogP contribution in [0.5, 0.6) is 11.5 Å². The van der Waals surface area contributed by atoms with Gasteiger partial charge < -0.3 is 14.8 Å². The highest BCUT2D eigenvalue weighted by Gasteiger charge is 2.21. The molecule has 0 heterocycles. The fraction of sp³-hybridized carbons (Fsp3) is 0.350. The van der Waals surface area contributed by atoms with E-state index in [1.165, 1.54) is 0 Å². The largest absolute Gasteiger partial charge is 0.497 e. The first kappa shape index (κ1) is 20.8. The lowest BCUT2D eigenvalue weighted by Gasteiger charge is -2.21. The van der Waals surface area contributed by atoms with Crippen LogP contribution in [0.1, 0.15) is 31.9 Å². The molecule has 2 aromatic carbocycles. The van der Waals surface area contributed by atoms with Gasteiger partial charge in [-0.1, -0.05) is 19.1 Å². The average molecular weight is 391 g/mol. The zero-order valence-corrected chi connectivity index (χ0v) is 16.7. The van der Waals surface area contributed by atoms with Crippen molar-refractivity contribution in [2.75, 3.05) is 13.4 Å². The van der Waals surface area contributed by atoms with Gasteiger partial charge in [0.2, 0.25) is 0 Å². The summed E-state index contributed by atoms with van der Waals surface area (Å²) in [6.45, 7) is 3.72. The van der Waals surface area contributed by atoms with Crippen molar-refractivity contribution in [2.45, 2.75) is 37.3 Å². The molecule has 0 aromatic heterocycles. The third kappa shape index (κ3) is 5.72. The van der Waals surface area contributed by atoms with E-state index in [1.54, 1.807) is 55.6 Å². The smallest absolute Gasteiger partial charge is 0.261 e. The number of carbonyl (C=O) groups excluding carboxylic acids is 1. The summed E-state index contributed by atoms with van der Waals surface area (Å²) in [6, 6.07) is 13.2. The molecule has 0 unspecified atom stereocenters. The number of hydrogen-bond donors (Lipinski definition) is 1. The van der Waals surface area contributed by atoms with Crippen LogP contribution >= 0.6 is 0 Å². The van der Waals surface area contributed by atoms with Crippen molar-refractivity contribution in [2.24, 2.45) is 0 Å².